The lowest BCUT2D eigenvalue weighted by Gasteiger charge is -2.15. The smallest absolute Gasteiger partial charge is 0.180 e. The van der Waals surface area contributed by atoms with E-state index in [1.807, 2.05) is 20.2 Å². The molecule has 6 heteroatoms. The molecule has 106 valence electrons. The highest BCUT2D eigenvalue weighted by molar-refractivity contribution is 9.10. The van der Waals surface area contributed by atoms with Crippen LogP contribution in [-0.2, 0) is 7.05 Å². The minimum absolute atomic E-state index is 0.534. The Kier molecular flexibility index (Phi) is 3.74. The van der Waals surface area contributed by atoms with Crippen LogP contribution < -0.4 is 5.32 Å². The summed E-state index contributed by atoms with van der Waals surface area (Å²) in [6.45, 7) is 0. The Morgan fingerprint density at radius 1 is 1.30 bits per heavy atom. The summed E-state index contributed by atoms with van der Waals surface area (Å²) >= 11 is 3.66. The third-order valence-electron chi connectivity index (χ3n) is 3.91. The van der Waals surface area contributed by atoms with Crippen LogP contribution in [0.25, 0.3) is 11.5 Å². The number of aryl methyl sites for hydroxylation is 1. The quantitative estimate of drug-likeness (QED) is 0.934. The molecule has 3 rings (SSSR count). The SMILES string of the molecule is CNc1nc(-c2ccnn2C)nc(C2CCCC2)c1Br. The number of anilines is 1. The number of nitrogens with zero attached hydrogens (tertiary/aromatic N) is 4. The first-order valence-corrected chi connectivity index (χ1v) is 7.73. The van der Waals surface area contributed by atoms with E-state index in [-0.39, 0.29) is 0 Å². The number of rotatable bonds is 3. The number of hydrogen-bond acceptors (Lipinski definition) is 4. The third kappa shape index (κ3) is 2.32. The Morgan fingerprint density at radius 3 is 2.65 bits per heavy atom. The van der Waals surface area contributed by atoms with Crippen molar-refractivity contribution in [3.63, 3.8) is 0 Å². The second kappa shape index (κ2) is 5.52. The van der Waals surface area contributed by atoms with Gasteiger partial charge in [0.1, 0.15) is 11.5 Å². The molecule has 20 heavy (non-hydrogen) atoms. The molecule has 0 aromatic carbocycles. The summed E-state index contributed by atoms with van der Waals surface area (Å²) in [5.74, 6) is 2.11. The lowest BCUT2D eigenvalue weighted by molar-refractivity contribution is 0.688. The van der Waals surface area contributed by atoms with Gasteiger partial charge in [0.15, 0.2) is 5.82 Å². The fourth-order valence-electron chi connectivity index (χ4n) is 2.81. The van der Waals surface area contributed by atoms with Crippen molar-refractivity contribution in [1.29, 1.82) is 0 Å². The molecule has 1 aliphatic carbocycles. The molecule has 5 nitrogen and oxygen atoms in total. The highest BCUT2D eigenvalue weighted by atomic mass is 79.9. The lowest BCUT2D eigenvalue weighted by atomic mass is 10.0. The molecule has 0 atom stereocenters. The van der Waals surface area contributed by atoms with E-state index in [1.54, 1.807) is 10.9 Å². The Labute approximate surface area is 127 Å². The van der Waals surface area contributed by atoms with Crippen molar-refractivity contribution >= 4 is 21.7 Å². The van der Waals surface area contributed by atoms with Crippen molar-refractivity contribution in [3.8, 4) is 11.5 Å². The molecular weight excluding hydrogens is 318 g/mol. The second-order valence-electron chi connectivity index (χ2n) is 5.17. The van der Waals surface area contributed by atoms with Crippen LogP contribution in [0.15, 0.2) is 16.7 Å². The van der Waals surface area contributed by atoms with E-state index in [0.717, 1.165) is 27.5 Å². The van der Waals surface area contributed by atoms with Gasteiger partial charge in [-0.1, -0.05) is 12.8 Å². The largest absolute Gasteiger partial charge is 0.372 e. The van der Waals surface area contributed by atoms with Crippen LogP contribution in [0.1, 0.15) is 37.3 Å². The molecular formula is C14H18BrN5. The van der Waals surface area contributed by atoms with Crippen LogP contribution in [0, 0.1) is 0 Å². The number of hydrogen-bond donors (Lipinski definition) is 1. The van der Waals surface area contributed by atoms with Crippen LogP contribution in [0.2, 0.25) is 0 Å². The predicted octanol–water partition coefficient (Wildman–Crippen LogP) is 3.34. The summed E-state index contributed by atoms with van der Waals surface area (Å²) in [7, 11) is 3.80. The van der Waals surface area contributed by atoms with Crippen molar-refractivity contribution in [2.75, 3.05) is 12.4 Å². The fourth-order valence-corrected chi connectivity index (χ4v) is 3.51. The Hall–Kier alpha value is -1.43. The maximum Gasteiger partial charge on any atom is 0.180 e. The summed E-state index contributed by atoms with van der Waals surface area (Å²) in [4.78, 5) is 9.40. The monoisotopic (exact) mass is 335 g/mol. The molecule has 0 aliphatic heterocycles. The highest BCUT2D eigenvalue weighted by Gasteiger charge is 2.24. The van der Waals surface area contributed by atoms with Crippen LogP contribution in [0.3, 0.4) is 0 Å². The van der Waals surface area contributed by atoms with E-state index in [4.69, 9.17) is 4.98 Å². The molecule has 0 bridgehead atoms. The van der Waals surface area contributed by atoms with Crippen molar-refractivity contribution in [1.82, 2.24) is 19.7 Å². The predicted molar refractivity (Wildman–Crippen MR) is 82.7 cm³/mol. The maximum atomic E-state index is 4.81. The third-order valence-corrected chi connectivity index (χ3v) is 4.69. The Bertz CT molecular complexity index is 616. The molecule has 1 saturated carbocycles. The number of nitrogens with one attached hydrogen (secondary N) is 1. The maximum absolute atomic E-state index is 4.81. The van der Waals surface area contributed by atoms with E-state index in [2.05, 4.69) is 31.3 Å². The zero-order valence-electron chi connectivity index (χ0n) is 11.7. The summed E-state index contributed by atoms with van der Waals surface area (Å²) in [5.41, 5.74) is 2.06. The van der Waals surface area contributed by atoms with Crippen molar-refractivity contribution in [2.45, 2.75) is 31.6 Å². The van der Waals surface area contributed by atoms with E-state index < -0.39 is 0 Å². The van der Waals surface area contributed by atoms with Gasteiger partial charge in [-0.15, -0.1) is 0 Å². The molecule has 2 aromatic heterocycles. The first-order valence-electron chi connectivity index (χ1n) is 6.94. The van der Waals surface area contributed by atoms with Crippen molar-refractivity contribution in [2.24, 2.45) is 7.05 Å². The van der Waals surface area contributed by atoms with Gasteiger partial charge in [-0.2, -0.15) is 5.10 Å². The molecule has 2 aromatic rings. The van der Waals surface area contributed by atoms with Gasteiger partial charge < -0.3 is 5.32 Å². The van der Waals surface area contributed by atoms with Gasteiger partial charge in [-0.05, 0) is 34.8 Å². The first-order chi connectivity index (χ1) is 9.70. The standard InChI is InChI=1S/C14H18BrN5/c1-16-14-11(15)12(9-5-3-4-6-9)18-13(19-14)10-7-8-17-20(10)2/h7-9H,3-6H2,1-2H3,(H,16,18,19). The fraction of sp³-hybridized carbons (Fsp3) is 0.500. The van der Waals surface area contributed by atoms with Gasteiger partial charge in [0.2, 0.25) is 0 Å². The number of halogens is 1. The highest BCUT2D eigenvalue weighted by Crippen LogP contribution is 2.39. The Balaban J connectivity index is 2.12. The summed E-state index contributed by atoms with van der Waals surface area (Å²) < 4.78 is 2.80. The molecule has 0 amide bonds. The van der Waals surface area contributed by atoms with E-state index in [0.29, 0.717) is 5.92 Å². The van der Waals surface area contributed by atoms with E-state index in [9.17, 15) is 0 Å². The Morgan fingerprint density at radius 2 is 2.05 bits per heavy atom. The van der Waals surface area contributed by atoms with Crippen LogP contribution in [-0.4, -0.2) is 26.8 Å². The van der Waals surface area contributed by atoms with Crippen LogP contribution in [0.4, 0.5) is 5.82 Å². The zero-order valence-corrected chi connectivity index (χ0v) is 13.3. The average Bonchev–Trinajstić information content (AvgIpc) is 3.10. The van der Waals surface area contributed by atoms with Gasteiger partial charge in [-0.25, -0.2) is 9.97 Å². The van der Waals surface area contributed by atoms with Crippen molar-refractivity contribution in [3.05, 3.63) is 22.4 Å². The normalized spacial score (nSPS) is 15.8. The van der Waals surface area contributed by atoms with E-state index in [1.165, 1.54) is 25.7 Å². The molecule has 1 N–H and O–H groups in total. The second-order valence-corrected chi connectivity index (χ2v) is 5.96. The van der Waals surface area contributed by atoms with Gasteiger partial charge in [-0.3, -0.25) is 4.68 Å². The average molecular weight is 336 g/mol. The van der Waals surface area contributed by atoms with Gasteiger partial charge in [0.05, 0.1) is 10.2 Å². The van der Waals surface area contributed by atoms with Gasteiger partial charge >= 0.3 is 0 Å². The van der Waals surface area contributed by atoms with Crippen molar-refractivity contribution < 1.29 is 0 Å². The molecule has 1 fully saturated rings. The summed E-state index contributed by atoms with van der Waals surface area (Å²) in [6, 6.07) is 1.95. The first kappa shape index (κ1) is 13.5. The van der Waals surface area contributed by atoms with Gasteiger partial charge in [0.25, 0.3) is 0 Å². The summed E-state index contributed by atoms with van der Waals surface area (Å²) in [6.07, 6.45) is 6.77. The topological polar surface area (TPSA) is 55.6 Å². The molecule has 1 aliphatic rings. The van der Waals surface area contributed by atoms with E-state index >= 15 is 0 Å². The van der Waals surface area contributed by atoms with Gasteiger partial charge in [0, 0.05) is 26.2 Å². The minimum Gasteiger partial charge on any atom is -0.372 e. The van der Waals surface area contributed by atoms with Crippen LogP contribution in [0.5, 0.6) is 0 Å². The molecule has 0 unspecified atom stereocenters. The molecule has 2 heterocycles. The summed E-state index contributed by atoms with van der Waals surface area (Å²) in [5, 5.41) is 7.36. The molecule has 0 radical (unpaired) electrons. The lowest BCUT2D eigenvalue weighted by Crippen LogP contribution is -2.07. The zero-order chi connectivity index (χ0) is 14.1. The number of aromatic nitrogens is 4. The molecule has 0 saturated heterocycles. The minimum atomic E-state index is 0.534. The molecule has 0 spiro atoms. The van der Waals surface area contributed by atoms with Crippen LogP contribution >= 0.6 is 15.9 Å².